The molecule has 3 aromatic rings. The van der Waals surface area contributed by atoms with E-state index < -0.39 is 6.10 Å². The molecule has 0 saturated carbocycles. The lowest BCUT2D eigenvalue weighted by Crippen LogP contribution is -2.43. The van der Waals surface area contributed by atoms with Crippen LogP contribution in [0.3, 0.4) is 0 Å². The van der Waals surface area contributed by atoms with Gasteiger partial charge in [0.2, 0.25) is 0 Å². The summed E-state index contributed by atoms with van der Waals surface area (Å²) in [6, 6.07) is 8.10. The van der Waals surface area contributed by atoms with Gasteiger partial charge in [0.25, 0.3) is 5.56 Å². The summed E-state index contributed by atoms with van der Waals surface area (Å²) in [6.45, 7) is 12.2. The smallest absolute Gasteiger partial charge is 0.260 e. The van der Waals surface area contributed by atoms with E-state index in [0.29, 0.717) is 24.3 Å². The predicted octanol–water partition coefficient (Wildman–Crippen LogP) is 3.11. The van der Waals surface area contributed by atoms with Crippen molar-refractivity contribution in [3.05, 3.63) is 51.4 Å². The largest absolute Gasteiger partial charge is 0.392 e. The minimum Gasteiger partial charge on any atom is -0.392 e. The van der Waals surface area contributed by atoms with Gasteiger partial charge in [0.1, 0.15) is 10.7 Å². The Hall–Kier alpha value is -2.10. The summed E-state index contributed by atoms with van der Waals surface area (Å²) in [5, 5.41) is 13.2. The fraction of sp³-hybridized carbons (Fsp3) is 0.520. The van der Waals surface area contributed by atoms with E-state index in [2.05, 4.69) is 27.8 Å². The molecule has 8 heteroatoms. The van der Waals surface area contributed by atoms with E-state index in [9.17, 15) is 9.90 Å². The molecule has 33 heavy (non-hydrogen) atoms. The van der Waals surface area contributed by atoms with Gasteiger partial charge in [-0.2, -0.15) is 0 Å². The van der Waals surface area contributed by atoms with Gasteiger partial charge < -0.3 is 14.8 Å². The normalized spacial score (nSPS) is 16.2. The average molecular weight is 471 g/mol. The number of hydrogen-bond donors (Lipinski definition) is 2. The molecular weight excluding hydrogens is 436 g/mol. The number of nitrogens with zero attached hydrogens (tertiary/aromatic N) is 3. The number of fused-ring (bicyclic) bond motifs is 1. The van der Waals surface area contributed by atoms with E-state index >= 15 is 0 Å². The summed E-state index contributed by atoms with van der Waals surface area (Å²) in [7, 11) is 0. The molecule has 0 bridgehead atoms. The topological polar surface area (TPSA) is 81.7 Å². The molecule has 1 aliphatic rings. The molecule has 4 rings (SSSR count). The molecular formula is C25H34N4O3S. The highest BCUT2D eigenvalue weighted by Gasteiger charge is 2.20. The molecule has 0 radical (unpaired) electrons. The fourth-order valence-electron chi connectivity index (χ4n) is 4.17. The van der Waals surface area contributed by atoms with Gasteiger partial charge in [-0.3, -0.25) is 14.6 Å². The van der Waals surface area contributed by atoms with Crippen LogP contribution in [0.2, 0.25) is 0 Å². The van der Waals surface area contributed by atoms with Crippen LogP contribution in [0.5, 0.6) is 0 Å². The van der Waals surface area contributed by atoms with Gasteiger partial charge in [-0.15, -0.1) is 11.3 Å². The second-order valence-electron chi connectivity index (χ2n) is 9.16. The number of aromatic nitrogens is 2. The molecule has 1 unspecified atom stereocenters. The monoisotopic (exact) mass is 470 g/mol. The van der Waals surface area contributed by atoms with E-state index in [1.54, 1.807) is 0 Å². The second kappa shape index (κ2) is 10.9. The highest BCUT2D eigenvalue weighted by molar-refractivity contribution is 7.17. The molecule has 178 valence electrons. The van der Waals surface area contributed by atoms with E-state index in [-0.39, 0.29) is 11.5 Å². The number of H-pyrrole nitrogens is 1. The van der Waals surface area contributed by atoms with Gasteiger partial charge in [-0.05, 0) is 24.0 Å². The zero-order valence-electron chi connectivity index (χ0n) is 19.7. The van der Waals surface area contributed by atoms with E-state index in [1.165, 1.54) is 11.3 Å². The summed E-state index contributed by atoms with van der Waals surface area (Å²) < 4.78 is 5.45. The van der Waals surface area contributed by atoms with Crippen LogP contribution < -0.4 is 5.56 Å². The molecule has 1 fully saturated rings. The first-order valence-corrected chi connectivity index (χ1v) is 12.6. The Labute approximate surface area is 199 Å². The molecule has 1 saturated heterocycles. The lowest BCUT2D eigenvalue weighted by Gasteiger charge is -2.31. The number of aliphatic hydroxyl groups is 1. The predicted molar refractivity (Wildman–Crippen MR) is 134 cm³/mol. The number of thiophene rings is 1. The van der Waals surface area contributed by atoms with Crippen LogP contribution in [-0.2, 0) is 11.3 Å². The number of aliphatic hydroxyl groups excluding tert-OH is 1. The van der Waals surface area contributed by atoms with Gasteiger partial charge in [0.15, 0.2) is 0 Å². The van der Waals surface area contributed by atoms with Crippen molar-refractivity contribution in [3.63, 3.8) is 0 Å². The molecule has 1 aliphatic heterocycles. The maximum Gasteiger partial charge on any atom is 0.260 e. The Kier molecular flexibility index (Phi) is 7.93. The van der Waals surface area contributed by atoms with Crippen molar-refractivity contribution in [2.45, 2.75) is 33.4 Å². The molecule has 3 heterocycles. The van der Waals surface area contributed by atoms with Crippen LogP contribution in [0.15, 0.2) is 34.4 Å². The summed E-state index contributed by atoms with van der Waals surface area (Å²) in [5.74, 6) is 0.808. The maximum atomic E-state index is 13.1. The molecule has 2 aromatic heterocycles. The summed E-state index contributed by atoms with van der Waals surface area (Å²) in [4.78, 5) is 26.3. The van der Waals surface area contributed by atoms with Crippen molar-refractivity contribution in [2.24, 2.45) is 5.92 Å². The molecule has 7 nitrogen and oxygen atoms in total. The fourth-order valence-corrected chi connectivity index (χ4v) is 5.13. The molecule has 1 aromatic carbocycles. The summed E-state index contributed by atoms with van der Waals surface area (Å²) in [6.07, 6.45) is -0.431. The van der Waals surface area contributed by atoms with Crippen LogP contribution in [-0.4, -0.2) is 76.9 Å². The molecule has 1 atom stereocenters. The van der Waals surface area contributed by atoms with Crippen molar-refractivity contribution < 1.29 is 9.84 Å². The van der Waals surface area contributed by atoms with Crippen molar-refractivity contribution in [2.75, 3.05) is 45.9 Å². The molecule has 0 aliphatic carbocycles. The number of aryl methyl sites for hydroxylation is 1. The third-order valence-corrected chi connectivity index (χ3v) is 7.22. The maximum absolute atomic E-state index is 13.1. The van der Waals surface area contributed by atoms with Crippen molar-refractivity contribution in [3.8, 4) is 11.1 Å². The van der Waals surface area contributed by atoms with Crippen molar-refractivity contribution in [1.82, 2.24) is 19.8 Å². The molecule has 2 N–H and O–H groups in total. The number of rotatable bonds is 9. The van der Waals surface area contributed by atoms with Crippen molar-refractivity contribution >= 4 is 21.6 Å². The first kappa shape index (κ1) is 24.0. The molecule has 0 spiro atoms. The van der Waals surface area contributed by atoms with Gasteiger partial charge >= 0.3 is 0 Å². The van der Waals surface area contributed by atoms with Gasteiger partial charge in [0.05, 0.1) is 31.2 Å². The third kappa shape index (κ3) is 5.88. The highest BCUT2D eigenvalue weighted by Crippen LogP contribution is 2.32. The van der Waals surface area contributed by atoms with Gasteiger partial charge in [-0.25, -0.2) is 4.98 Å². The van der Waals surface area contributed by atoms with Crippen molar-refractivity contribution in [1.29, 1.82) is 0 Å². The number of aromatic amines is 1. The van der Waals surface area contributed by atoms with Gasteiger partial charge in [-0.1, -0.05) is 38.1 Å². The summed E-state index contributed by atoms with van der Waals surface area (Å²) >= 11 is 1.51. The third-order valence-electron chi connectivity index (χ3n) is 6.35. The first-order chi connectivity index (χ1) is 15.9. The number of nitrogens with one attached hydrogen (secondary N) is 1. The van der Waals surface area contributed by atoms with Crippen LogP contribution in [0.4, 0.5) is 0 Å². The second-order valence-corrected chi connectivity index (χ2v) is 10.0. The van der Waals surface area contributed by atoms with E-state index in [4.69, 9.17) is 9.72 Å². The van der Waals surface area contributed by atoms with Crippen LogP contribution in [0, 0.1) is 12.8 Å². The Morgan fingerprint density at radius 3 is 2.73 bits per heavy atom. The Bertz CT molecular complexity index is 1120. The SMILES string of the molecule is Cc1ccccc1-c1csc2nc(CN(CCN3CCOCC3)CC(O)C(C)C)[nH]c(=O)c12. The van der Waals surface area contributed by atoms with E-state index in [0.717, 1.165) is 60.9 Å². The number of ether oxygens (including phenoxy) is 1. The van der Waals surface area contributed by atoms with Crippen LogP contribution >= 0.6 is 11.3 Å². The van der Waals surface area contributed by atoms with Crippen LogP contribution in [0.1, 0.15) is 25.2 Å². The lowest BCUT2D eigenvalue weighted by molar-refractivity contribution is 0.0257. The first-order valence-electron chi connectivity index (χ1n) is 11.7. The number of hydrogen-bond acceptors (Lipinski definition) is 7. The zero-order valence-corrected chi connectivity index (χ0v) is 20.5. The standard InChI is InChI=1S/C25H34N4O3S/c1-17(2)21(30)14-29(9-8-28-10-12-32-13-11-28)15-22-26-24(31)23-20(16-33-25(23)27-22)19-7-5-4-6-18(19)3/h4-7,16-17,21,30H,8-15H2,1-3H3,(H,26,27,31). The number of morpholine rings is 1. The Balaban J connectivity index is 1.56. The Morgan fingerprint density at radius 1 is 1.24 bits per heavy atom. The molecule has 0 amide bonds. The van der Waals surface area contributed by atoms with Crippen LogP contribution in [0.25, 0.3) is 21.3 Å². The summed E-state index contributed by atoms with van der Waals surface area (Å²) in [5.41, 5.74) is 3.04. The average Bonchev–Trinajstić information content (AvgIpc) is 3.22. The number of benzene rings is 1. The Morgan fingerprint density at radius 2 is 2.00 bits per heavy atom. The highest BCUT2D eigenvalue weighted by atomic mass is 32.1. The minimum atomic E-state index is -0.431. The minimum absolute atomic E-state index is 0.105. The zero-order chi connectivity index (χ0) is 23.4. The van der Waals surface area contributed by atoms with E-state index in [1.807, 2.05) is 37.4 Å². The van der Waals surface area contributed by atoms with Gasteiger partial charge in [0, 0.05) is 43.7 Å². The quantitative estimate of drug-likeness (QED) is 0.500. The lowest BCUT2D eigenvalue weighted by atomic mass is 10.0.